The zero-order valence-corrected chi connectivity index (χ0v) is 17.9. The molecule has 0 atom stereocenters. The van der Waals surface area contributed by atoms with Crippen LogP contribution in [0.4, 0.5) is 16.2 Å². The summed E-state index contributed by atoms with van der Waals surface area (Å²) in [7, 11) is 0. The smallest absolute Gasteiger partial charge is 0.404 e. The van der Waals surface area contributed by atoms with E-state index in [0.717, 1.165) is 65.9 Å². The van der Waals surface area contributed by atoms with E-state index < -0.39 is 6.09 Å². The van der Waals surface area contributed by atoms with Crippen molar-refractivity contribution in [3.05, 3.63) is 59.6 Å². The van der Waals surface area contributed by atoms with Crippen molar-refractivity contribution in [2.24, 2.45) is 0 Å². The molecule has 1 fully saturated rings. The van der Waals surface area contributed by atoms with Gasteiger partial charge in [-0.05, 0) is 43.5 Å². The molecule has 0 aliphatic carbocycles. The Balaban J connectivity index is 1.48. The average Bonchev–Trinajstić information content (AvgIpc) is 3.27. The van der Waals surface area contributed by atoms with Crippen molar-refractivity contribution in [2.75, 3.05) is 25.0 Å². The van der Waals surface area contributed by atoms with Crippen LogP contribution in [0.2, 0.25) is 0 Å². The topological polar surface area (TPSA) is 117 Å². The highest BCUT2D eigenvalue weighted by Crippen LogP contribution is 2.30. The number of anilines is 2. The number of aryl methyl sites for hydroxylation is 1. The number of carboxylic acid groups (broad SMARTS) is 1. The summed E-state index contributed by atoms with van der Waals surface area (Å²) in [5.41, 5.74) is 5.20. The van der Waals surface area contributed by atoms with E-state index in [9.17, 15) is 10.1 Å². The number of hydrogen-bond donors (Lipinski definition) is 4. The molecule has 0 spiro atoms. The van der Waals surface area contributed by atoms with Crippen LogP contribution >= 0.6 is 0 Å². The largest absolute Gasteiger partial charge is 0.465 e. The number of benzene rings is 1. The summed E-state index contributed by atoms with van der Waals surface area (Å²) >= 11 is 0. The zero-order valence-electron chi connectivity index (χ0n) is 17.9. The summed E-state index contributed by atoms with van der Waals surface area (Å²) < 4.78 is 0. The highest BCUT2D eigenvalue weighted by atomic mass is 16.4. The fourth-order valence-corrected chi connectivity index (χ4v) is 4.14. The molecule has 3 aromatic rings. The first-order valence-corrected chi connectivity index (χ1v) is 10.7. The van der Waals surface area contributed by atoms with E-state index >= 15 is 0 Å². The Morgan fingerprint density at radius 3 is 2.91 bits per heavy atom. The van der Waals surface area contributed by atoms with Gasteiger partial charge in [0, 0.05) is 66.4 Å². The lowest BCUT2D eigenvalue weighted by Crippen LogP contribution is -2.44. The van der Waals surface area contributed by atoms with Gasteiger partial charge in [0.2, 0.25) is 0 Å². The first-order chi connectivity index (χ1) is 15.5. The number of amides is 1. The monoisotopic (exact) mass is 430 g/mol. The molecule has 8 heteroatoms. The first-order valence-electron chi connectivity index (χ1n) is 10.7. The maximum absolute atomic E-state index is 10.8. The van der Waals surface area contributed by atoms with Gasteiger partial charge in [0.25, 0.3) is 0 Å². The van der Waals surface area contributed by atoms with E-state index in [2.05, 4.69) is 44.6 Å². The minimum Gasteiger partial charge on any atom is -0.465 e. The Labute approximate surface area is 186 Å². The zero-order chi connectivity index (χ0) is 22.5. The molecule has 0 radical (unpaired) electrons. The van der Waals surface area contributed by atoms with Crippen LogP contribution in [-0.4, -0.2) is 51.7 Å². The number of hydrogen-bond acceptors (Lipinski definition) is 5. The minimum atomic E-state index is -0.959. The first kappa shape index (κ1) is 21.4. The molecule has 4 rings (SSSR count). The van der Waals surface area contributed by atoms with Crippen molar-refractivity contribution in [2.45, 2.75) is 25.8 Å². The summed E-state index contributed by atoms with van der Waals surface area (Å²) in [4.78, 5) is 20.5. The second kappa shape index (κ2) is 9.54. The van der Waals surface area contributed by atoms with Gasteiger partial charge in [-0.3, -0.25) is 9.88 Å². The quantitative estimate of drug-likeness (QED) is 0.465. The second-order valence-electron chi connectivity index (χ2n) is 7.99. The molecule has 0 bridgehead atoms. The van der Waals surface area contributed by atoms with Crippen LogP contribution in [0, 0.1) is 18.3 Å². The van der Waals surface area contributed by atoms with Crippen LogP contribution in [0.3, 0.4) is 0 Å². The Bertz CT molecular complexity index is 1180. The fraction of sp³-hybridized carbons (Fsp3) is 0.292. The normalized spacial score (nSPS) is 15.1. The summed E-state index contributed by atoms with van der Waals surface area (Å²) in [6.45, 7) is 4.49. The fourth-order valence-electron chi connectivity index (χ4n) is 4.14. The second-order valence-corrected chi connectivity index (χ2v) is 7.99. The highest BCUT2D eigenvalue weighted by molar-refractivity contribution is 5.89. The summed E-state index contributed by atoms with van der Waals surface area (Å²) in [6.07, 6.45) is 9.95. The maximum atomic E-state index is 10.8. The number of aromatic nitrogens is 2. The number of carbonyl (C=O) groups is 1. The third-order valence-corrected chi connectivity index (χ3v) is 5.94. The number of nitrogens with one attached hydrogen (secondary N) is 3. The number of aromatic amines is 1. The SMILES string of the molecule is Cc1c(Nc2c(C#N)cncc2/C=C/CN2CCC(NC(=O)O)CC2)ccc2[nH]ccc12. The van der Waals surface area contributed by atoms with Gasteiger partial charge in [-0.2, -0.15) is 5.26 Å². The molecule has 2 aromatic heterocycles. The molecule has 4 N–H and O–H groups in total. The van der Waals surface area contributed by atoms with E-state index in [1.54, 1.807) is 12.4 Å². The van der Waals surface area contributed by atoms with Crippen molar-refractivity contribution in [3.63, 3.8) is 0 Å². The Morgan fingerprint density at radius 1 is 1.34 bits per heavy atom. The Kier molecular flexibility index (Phi) is 6.38. The van der Waals surface area contributed by atoms with E-state index in [1.807, 2.05) is 30.5 Å². The minimum absolute atomic E-state index is 0.0284. The van der Waals surface area contributed by atoms with Crippen molar-refractivity contribution < 1.29 is 9.90 Å². The third kappa shape index (κ3) is 4.74. The van der Waals surface area contributed by atoms with E-state index in [4.69, 9.17) is 5.11 Å². The lowest BCUT2D eigenvalue weighted by molar-refractivity contribution is 0.173. The van der Waals surface area contributed by atoms with E-state index in [0.29, 0.717) is 5.56 Å². The van der Waals surface area contributed by atoms with Crippen molar-refractivity contribution in [1.82, 2.24) is 20.2 Å². The number of nitriles is 1. The summed E-state index contributed by atoms with van der Waals surface area (Å²) in [6, 6.07) is 8.35. The number of rotatable bonds is 6. The highest BCUT2D eigenvalue weighted by Gasteiger charge is 2.19. The van der Waals surface area contributed by atoms with Gasteiger partial charge in [0.15, 0.2) is 0 Å². The van der Waals surface area contributed by atoms with Crippen molar-refractivity contribution >= 4 is 34.4 Å². The molecule has 1 aliphatic rings. The number of piperidine rings is 1. The maximum Gasteiger partial charge on any atom is 0.404 e. The molecule has 1 amide bonds. The predicted octanol–water partition coefficient (Wildman–Crippen LogP) is 4.23. The van der Waals surface area contributed by atoms with E-state index in [-0.39, 0.29) is 6.04 Å². The number of nitrogens with zero attached hydrogens (tertiary/aromatic N) is 3. The molecular formula is C24H26N6O2. The number of pyridine rings is 1. The predicted molar refractivity (Wildman–Crippen MR) is 125 cm³/mol. The number of likely N-dealkylation sites (tertiary alicyclic amines) is 1. The van der Waals surface area contributed by atoms with Gasteiger partial charge in [0.1, 0.15) is 6.07 Å². The molecule has 3 heterocycles. The van der Waals surface area contributed by atoms with Gasteiger partial charge in [-0.25, -0.2) is 4.79 Å². The molecule has 1 saturated heterocycles. The molecule has 0 saturated carbocycles. The molecule has 0 unspecified atom stereocenters. The average molecular weight is 431 g/mol. The lowest BCUT2D eigenvalue weighted by Gasteiger charge is -2.30. The summed E-state index contributed by atoms with van der Waals surface area (Å²) in [5.74, 6) is 0. The van der Waals surface area contributed by atoms with Crippen LogP contribution in [0.25, 0.3) is 17.0 Å². The van der Waals surface area contributed by atoms with Crippen molar-refractivity contribution in [1.29, 1.82) is 5.26 Å². The number of fused-ring (bicyclic) bond motifs is 1. The van der Waals surface area contributed by atoms with Gasteiger partial charge >= 0.3 is 6.09 Å². The van der Waals surface area contributed by atoms with Crippen LogP contribution in [0.15, 0.2) is 42.9 Å². The standard InChI is InChI=1S/C24H26N6O2/c1-16-20-6-9-27-22(20)5-4-21(16)29-23-17(14-26-15-18(23)13-25)3-2-10-30-11-7-19(8-12-30)28-24(31)32/h2-6,9,14-15,19,27-28H,7-8,10-12H2,1H3,(H,26,29)(H,31,32)/b3-2+. The summed E-state index contributed by atoms with van der Waals surface area (Å²) in [5, 5.41) is 25.6. The lowest BCUT2D eigenvalue weighted by atomic mass is 10.1. The van der Waals surface area contributed by atoms with Gasteiger partial charge in [-0.1, -0.05) is 12.2 Å². The van der Waals surface area contributed by atoms with Crippen LogP contribution < -0.4 is 10.6 Å². The Hall–Kier alpha value is -3.83. The molecule has 8 nitrogen and oxygen atoms in total. The third-order valence-electron chi connectivity index (χ3n) is 5.94. The van der Waals surface area contributed by atoms with Crippen LogP contribution in [0.1, 0.15) is 29.5 Å². The molecule has 164 valence electrons. The van der Waals surface area contributed by atoms with E-state index in [1.165, 1.54) is 0 Å². The molecular weight excluding hydrogens is 404 g/mol. The van der Waals surface area contributed by atoms with Gasteiger partial charge < -0.3 is 20.7 Å². The molecule has 1 aliphatic heterocycles. The van der Waals surface area contributed by atoms with Crippen LogP contribution in [0.5, 0.6) is 0 Å². The van der Waals surface area contributed by atoms with Gasteiger partial charge in [-0.15, -0.1) is 0 Å². The molecule has 32 heavy (non-hydrogen) atoms. The Morgan fingerprint density at radius 2 is 2.16 bits per heavy atom. The van der Waals surface area contributed by atoms with Crippen LogP contribution in [-0.2, 0) is 0 Å². The van der Waals surface area contributed by atoms with Crippen molar-refractivity contribution in [3.8, 4) is 6.07 Å². The van der Waals surface area contributed by atoms with Gasteiger partial charge in [0.05, 0.1) is 11.3 Å². The number of H-pyrrole nitrogens is 1. The molecule has 1 aromatic carbocycles.